The molecular weight excluding hydrogens is 278 g/mol. The Hall–Kier alpha value is -0.670. The Morgan fingerprint density at radius 2 is 2.11 bits per heavy atom. The van der Waals surface area contributed by atoms with Gasteiger partial charge in [-0.1, -0.05) is 32.4 Å². The van der Waals surface area contributed by atoms with Crippen LogP contribution in [0.3, 0.4) is 0 Å². The number of carbonyl (C=O) groups is 1. The van der Waals surface area contributed by atoms with E-state index in [2.05, 4.69) is 33.4 Å². The van der Waals surface area contributed by atoms with Gasteiger partial charge in [-0.15, -0.1) is 12.6 Å². The first-order valence-corrected chi connectivity index (χ1v) is 7.39. The van der Waals surface area contributed by atoms with Gasteiger partial charge in [0.1, 0.15) is 0 Å². The number of halogens is 1. The molecule has 0 radical (unpaired) electrons. The van der Waals surface area contributed by atoms with Gasteiger partial charge in [0.05, 0.1) is 10.6 Å². The Kier molecular flexibility index (Phi) is 4.17. The predicted octanol–water partition coefficient (Wildman–Crippen LogP) is 4.14. The monoisotopic (exact) mass is 297 g/mol. The van der Waals surface area contributed by atoms with Gasteiger partial charge in [-0.2, -0.15) is 0 Å². The summed E-state index contributed by atoms with van der Waals surface area (Å²) >= 11 is 10.4. The molecule has 1 aromatic carbocycles. The fraction of sp³-hybridized carbons (Fsp3) is 0.533. The van der Waals surface area contributed by atoms with Crippen molar-refractivity contribution < 1.29 is 4.79 Å². The third-order valence-electron chi connectivity index (χ3n) is 3.88. The number of hydrogen-bond donors (Lipinski definition) is 1. The smallest absolute Gasteiger partial charge is 0.255 e. The van der Waals surface area contributed by atoms with Crippen molar-refractivity contribution >= 4 is 30.1 Å². The van der Waals surface area contributed by atoms with Gasteiger partial charge < -0.3 is 4.90 Å². The Bertz CT molecular complexity index is 495. The van der Waals surface area contributed by atoms with Crippen molar-refractivity contribution in [2.45, 2.75) is 32.1 Å². The van der Waals surface area contributed by atoms with Crippen LogP contribution >= 0.6 is 24.2 Å². The summed E-state index contributed by atoms with van der Waals surface area (Å²) < 4.78 is 0. The molecule has 1 fully saturated rings. The summed E-state index contributed by atoms with van der Waals surface area (Å²) in [5.74, 6) is 0.571. The molecule has 0 aromatic heterocycles. The summed E-state index contributed by atoms with van der Waals surface area (Å²) in [5.41, 5.74) is 0.799. The van der Waals surface area contributed by atoms with Gasteiger partial charge in [0, 0.05) is 18.0 Å². The SMILES string of the molecule is CC(C)(C)C1CCN(C(=O)c2cc(S)ccc2Cl)C1. The maximum Gasteiger partial charge on any atom is 0.255 e. The van der Waals surface area contributed by atoms with Crippen molar-refractivity contribution in [1.82, 2.24) is 4.90 Å². The van der Waals surface area contributed by atoms with Crippen LogP contribution < -0.4 is 0 Å². The molecule has 2 nitrogen and oxygen atoms in total. The molecule has 1 amide bonds. The fourth-order valence-corrected chi connectivity index (χ4v) is 2.90. The van der Waals surface area contributed by atoms with Crippen LogP contribution in [0.4, 0.5) is 0 Å². The molecule has 1 aromatic rings. The minimum Gasteiger partial charge on any atom is -0.338 e. The summed E-state index contributed by atoms with van der Waals surface area (Å²) in [6, 6.07) is 5.27. The van der Waals surface area contributed by atoms with Gasteiger partial charge in [0.25, 0.3) is 5.91 Å². The second-order valence-corrected chi connectivity index (χ2v) is 7.19. The Morgan fingerprint density at radius 1 is 1.42 bits per heavy atom. The van der Waals surface area contributed by atoms with Crippen molar-refractivity contribution in [2.24, 2.45) is 11.3 Å². The lowest BCUT2D eigenvalue weighted by atomic mass is 9.80. The molecule has 0 N–H and O–H groups in total. The van der Waals surface area contributed by atoms with Crippen LogP contribution in [0.5, 0.6) is 0 Å². The zero-order chi connectivity index (χ0) is 14.2. The van der Waals surface area contributed by atoms with Gasteiger partial charge in [0.15, 0.2) is 0 Å². The second-order valence-electron chi connectivity index (χ2n) is 6.27. The quantitative estimate of drug-likeness (QED) is 0.773. The normalized spacial score (nSPS) is 19.8. The van der Waals surface area contributed by atoms with Crippen molar-refractivity contribution in [1.29, 1.82) is 0 Å². The molecule has 4 heteroatoms. The third kappa shape index (κ3) is 3.26. The number of amides is 1. The number of hydrogen-bond acceptors (Lipinski definition) is 2. The first kappa shape index (κ1) is 14.7. The highest BCUT2D eigenvalue weighted by molar-refractivity contribution is 7.80. The molecule has 2 rings (SSSR count). The highest BCUT2D eigenvalue weighted by Gasteiger charge is 2.34. The second kappa shape index (κ2) is 5.37. The molecule has 1 unspecified atom stereocenters. The number of rotatable bonds is 1. The maximum absolute atomic E-state index is 12.5. The Balaban J connectivity index is 2.16. The van der Waals surface area contributed by atoms with E-state index in [1.807, 2.05) is 4.90 Å². The van der Waals surface area contributed by atoms with E-state index in [9.17, 15) is 4.79 Å². The van der Waals surface area contributed by atoms with Crippen LogP contribution in [-0.4, -0.2) is 23.9 Å². The molecule has 1 aliphatic heterocycles. The summed E-state index contributed by atoms with van der Waals surface area (Å²) in [5, 5.41) is 0.502. The zero-order valence-corrected chi connectivity index (χ0v) is 13.3. The first-order valence-electron chi connectivity index (χ1n) is 6.57. The molecule has 0 saturated carbocycles. The van der Waals surface area contributed by atoms with Crippen LogP contribution in [0.2, 0.25) is 5.02 Å². The maximum atomic E-state index is 12.5. The average molecular weight is 298 g/mol. The highest BCUT2D eigenvalue weighted by Crippen LogP contribution is 2.34. The molecule has 104 valence electrons. The number of nitrogens with zero attached hydrogens (tertiary/aromatic N) is 1. The van der Waals surface area contributed by atoms with E-state index in [1.165, 1.54) is 0 Å². The van der Waals surface area contributed by atoms with Gasteiger partial charge in [0.2, 0.25) is 0 Å². The number of thiol groups is 1. The number of likely N-dealkylation sites (tertiary alicyclic amines) is 1. The van der Waals surface area contributed by atoms with E-state index in [4.69, 9.17) is 11.6 Å². The zero-order valence-electron chi connectivity index (χ0n) is 11.6. The molecule has 1 heterocycles. The molecule has 0 bridgehead atoms. The molecular formula is C15H20ClNOS. The number of carbonyl (C=O) groups excluding carboxylic acids is 1. The van der Waals surface area contributed by atoms with Gasteiger partial charge in [-0.05, 0) is 36.0 Å². The third-order valence-corrected chi connectivity index (χ3v) is 4.49. The van der Waals surface area contributed by atoms with Gasteiger partial charge >= 0.3 is 0 Å². The number of benzene rings is 1. The van der Waals surface area contributed by atoms with Crippen molar-refractivity contribution in [3.63, 3.8) is 0 Å². The predicted molar refractivity (Wildman–Crippen MR) is 82.2 cm³/mol. The molecule has 0 spiro atoms. The Labute approximate surface area is 125 Å². The minimum atomic E-state index is 0.0210. The molecule has 1 saturated heterocycles. The minimum absolute atomic E-state index is 0.0210. The first-order chi connectivity index (χ1) is 8.79. The lowest BCUT2D eigenvalue weighted by molar-refractivity contribution is 0.0776. The largest absolute Gasteiger partial charge is 0.338 e. The van der Waals surface area contributed by atoms with Crippen LogP contribution in [0.1, 0.15) is 37.6 Å². The van der Waals surface area contributed by atoms with Crippen molar-refractivity contribution in [2.75, 3.05) is 13.1 Å². The molecule has 19 heavy (non-hydrogen) atoms. The van der Waals surface area contributed by atoms with Crippen molar-refractivity contribution in [3.05, 3.63) is 28.8 Å². The van der Waals surface area contributed by atoms with E-state index < -0.39 is 0 Å². The summed E-state index contributed by atoms with van der Waals surface area (Å²) in [4.78, 5) is 15.2. The van der Waals surface area contributed by atoms with Gasteiger partial charge in [-0.3, -0.25) is 4.79 Å². The van der Waals surface area contributed by atoms with Gasteiger partial charge in [-0.25, -0.2) is 0 Å². The van der Waals surface area contributed by atoms with Crippen LogP contribution in [0.25, 0.3) is 0 Å². The van der Waals surface area contributed by atoms with Crippen LogP contribution in [-0.2, 0) is 0 Å². The summed E-state index contributed by atoms with van der Waals surface area (Å²) in [6.45, 7) is 8.32. The topological polar surface area (TPSA) is 20.3 Å². The fourth-order valence-electron chi connectivity index (χ4n) is 2.50. The summed E-state index contributed by atoms with van der Waals surface area (Å²) in [6.07, 6.45) is 1.06. The lowest BCUT2D eigenvalue weighted by Crippen LogP contribution is -2.31. The standard InChI is InChI=1S/C15H20ClNOS/c1-15(2,3)10-6-7-17(9-10)14(18)12-8-11(19)4-5-13(12)16/h4-5,8,10,19H,6-7,9H2,1-3H3. The summed E-state index contributed by atoms with van der Waals surface area (Å²) in [7, 11) is 0. The Morgan fingerprint density at radius 3 is 2.68 bits per heavy atom. The van der Waals surface area contributed by atoms with E-state index in [0.29, 0.717) is 16.5 Å². The highest BCUT2D eigenvalue weighted by atomic mass is 35.5. The molecule has 1 atom stereocenters. The van der Waals surface area contributed by atoms with E-state index in [0.717, 1.165) is 24.4 Å². The van der Waals surface area contributed by atoms with E-state index >= 15 is 0 Å². The van der Waals surface area contributed by atoms with E-state index in [1.54, 1.807) is 18.2 Å². The van der Waals surface area contributed by atoms with Crippen molar-refractivity contribution in [3.8, 4) is 0 Å². The lowest BCUT2D eigenvalue weighted by Gasteiger charge is -2.27. The van der Waals surface area contributed by atoms with Crippen LogP contribution in [0.15, 0.2) is 23.1 Å². The molecule has 1 aliphatic rings. The van der Waals surface area contributed by atoms with Crippen LogP contribution in [0, 0.1) is 11.3 Å². The average Bonchev–Trinajstić information content (AvgIpc) is 2.80. The van der Waals surface area contributed by atoms with E-state index in [-0.39, 0.29) is 11.3 Å². The molecule has 0 aliphatic carbocycles.